The van der Waals surface area contributed by atoms with Crippen molar-refractivity contribution < 1.29 is 9.53 Å². The molecule has 25 heavy (non-hydrogen) atoms. The number of H-pyrrole nitrogens is 1. The molecular formula is C17H19N5O2S. The van der Waals surface area contributed by atoms with Gasteiger partial charge >= 0.3 is 0 Å². The molecule has 0 aliphatic heterocycles. The minimum absolute atomic E-state index is 0.163. The number of nitrogens with zero attached hydrogens (tertiary/aromatic N) is 3. The van der Waals surface area contributed by atoms with Gasteiger partial charge in [-0.1, -0.05) is 11.8 Å². The predicted octanol–water partition coefficient (Wildman–Crippen LogP) is 2.52. The molecule has 1 amide bonds. The van der Waals surface area contributed by atoms with Crippen molar-refractivity contribution in [2.24, 2.45) is 0 Å². The van der Waals surface area contributed by atoms with E-state index in [0.717, 1.165) is 37.0 Å². The molecule has 0 radical (unpaired) electrons. The van der Waals surface area contributed by atoms with Crippen LogP contribution in [0.15, 0.2) is 29.4 Å². The molecule has 0 unspecified atom stereocenters. The molecule has 1 aromatic heterocycles. The third-order valence-corrected chi connectivity index (χ3v) is 5.06. The minimum Gasteiger partial charge on any atom is -0.497 e. The van der Waals surface area contributed by atoms with E-state index >= 15 is 0 Å². The molecule has 0 atom stereocenters. The Hall–Kier alpha value is -2.53. The van der Waals surface area contributed by atoms with Gasteiger partial charge in [0.1, 0.15) is 11.3 Å². The molecule has 130 valence electrons. The number of rotatable bonds is 6. The summed E-state index contributed by atoms with van der Waals surface area (Å²) in [6.07, 6.45) is 3.41. The summed E-state index contributed by atoms with van der Waals surface area (Å²) >= 11 is 1.24. The highest BCUT2D eigenvalue weighted by atomic mass is 32.2. The average molecular weight is 357 g/mol. The van der Waals surface area contributed by atoms with Crippen LogP contribution in [0, 0.1) is 11.3 Å². The smallest absolute Gasteiger partial charge is 0.231 e. The normalized spacial score (nSPS) is 15.5. The lowest BCUT2D eigenvalue weighted by molar-refractivity contribution is -0.119. The molecule has 3 rings (SSSR count). The first-order valence-corrected chi connectivity index (χ1v) is 9.04. The zero-order valence-corrected chi connectivity index (χ0v) is 14.7. The largest absolute Gasteiger partial charge is 0.497 e. The fourth-order valence-corrected chi connectivity index (χ4v) is 3.46. The van der Waals surface area contributed by atoms with Gasteiger partial charge in [0, 0.05) is 5.56 Å². The van der Waals surface area contributed by atoms with Crippen LogP contribution in [-0.4, -0.2) is 39.5 Å². The quantitative estimate of drug-likeness (QED) is 0.770. The van der Waals surface area contributed by atoms with Gasteiger partial charge in [0.25, 0.3) is 0 Å². The van der Waals surface area contributed by atoms with Crippen LogP contribution in [0.25, 0.3) is 11.4 Å². The van der Waals surface area contributed by atoms with Crippen molar-refractivity contribution in [3.63, 3.8) is 0 Å². The molecule has 1 fully saturated rings. The van der Waals surface area contributed by atoms with E-state index in [-0.39, 0.29) is 11.7 Å². The highest BCUT2D eigenvalue weighted by Crippen LogP contribution is 2.29. The van der Waals surface area contributed by atoms with Crippen molar-refractivity contribution in [2.45, 2.75) is 36.4 Å². The molecule has 1 heterocycles. The Labute approximate surface area is 150 Å². The van der Waals surface area contributed by atoms with E-state index in [2.05, 4.69) is 26.6 Å². The average Bonchev–Trinajstić information content (AvgIpc) is 3.30. The monoisotopic (exact) mass is 357 g/mol. The summed E-state index contributed by atoms with van der Waals surface area (Å²) in [5.41, 5.74) is 0.198. The van der Waals surface area contributed by atoms with E-state index in [1.54, 1.807) is 7.11 Å². The number of nitrogens with one attached hydrogen (secondary N) is 2. The van der Waals surface area contributed by atoms with Crippen LogP contribution in [0.5, 0.6) is 5.75 Å². The number of aromatic amines is 1. The predicted molar refractivity (Wildman–Crippen MR) is 94.0 cm³/mol. The Kier molecular flexibility index (Phi) is 5.24. The summed E-state index contributed by atoms with van der Waals surface area (Å²) in [5, 5.41) is 19.7. The standard InChI is InChI=1S/C17H19N5O2S/c1-24-13-6-4-12(5-7-13)15-19-16(22-21-15)25-10-14(23)20-17(11-18)8-2-3-9-17/h4-7H,2-3,8-10H2,1H3,(H,20,23)(H,19,21,22). The van der Waals surface area contributed by atoms with E-state index in [4.69, 9.17) is 4.74 Å². The summed E-state index contributed by atoms with van der Waals surface area (Å²) < 4.78 is 5.13. The fourth-order valence-electron chi connectivity index (χ4n) is 2.87. The van der Waals surface area contributed by atoms with Crippen LogP contribution < -0.4 is 10.1 Å². The second-order valence-electron chi connectivity index (χ2n) is 5.93. The highest BCUT2D eigenvalue weighted by molar-refractivity contribution is 7.99. The number of benzene rings is 1. The Morgan fingerprint density at radius 2 is 2.12 bits per heavy atom. The molecule has 1 aromatic carbocycles. The van der Waals surface area contributed by atoms with Gasteiger partial charge in [0.15, 0.2) is 5.82 Å². The molecule has 1 aliphatic carbocycles. The molecule has 0 spiro atoms. The second kappa shape index (κ2) is 7.57. The molecule has 1 aliphatic rings. The van der Waals surface area contributed by atoms with Crippen LogP contribution in [0.3, 0.4) is 0 Å². The third kappa shape index (κ3) is 4.12. The van der Waals surface area contributed by atoms with Crippen molar-refractivity contribution >= 4 is 17.7 Å². The molecule has 2 aromatic rings. The number of hydrogen-bond acceptors (Lipinski definition) is 6. The number of carbonyl (C=O) groups excluding carboxylic acids is 1. The number of ether oxygens (including phenoxy) is 1. The van der Waals surface area contributed by atoms with Gasteiger partial charge in [-0.3, -0.25) is 9.89 Å². The molecule has 8 heteroatoms. The van der Waals surface area contributed by atoms with E-state index in [9.17, 15) is 10.1 Å². The Morgan fingerprint density at radius 1 is 1.40 bits per heavy atom. The number of nitriles is 1. The van der Waals surface area contributed by atoms with Gasteiger partial charge in [-0.2, -0.15) is 5.26 Å². The topological polar surface area (TPSA) is 104 Å². The van der Waals surface area contributed by atoms with Gasteiger partial charge in [-0.15, -0.1) is 5.10 Å². The summed E-state index contributed by atoms with van der Waals surface area (Å²) in [6.45, 7) is 0. The molecule has 0 bridgehead atoms. The first-order valence-electron chi connectivity index (χ1n) is 8.06. The van der Waals surface area contributed by atoms with Gasteiger partial charge in [-0.05, 0) is 49.9 Å². The van der Waals surface area contributed by atoms with Crippen molar-refractivity contribution in [3.8, 4) is 23.2 Å². The fraction of sp³-hybridized carbons (Fsp3) is 0.412. The molecule has 0 saturated heterocycles. The number of amides is 1. The van der Waals surface area contributed by atoms with Crippen molar-refractivity contribution in [3.05, 3.63) is 24.3 Å². The van der Waals surface area contributed by atoms with Gasteiger partial charge in [0.05, 0.1) is 18.9 Å². The van der Waals surface area contributed by atoms with Gasteiger partial charge in [-0.25, -0.2) is 4.98 Å². The molecule has 1 saturated carbocycles. The third-order valence-electron chi connectivity index (χ3n) is 4.21. The second-order valence-corrected chi connectivity index (χ2v) is 6.88. The van der Waals surface area contributed by atoms with Crippen molar-refractivity contribution in [1.29, 1.82) is 5.26 Å². The van der Waals surface area contributed by atoms with Crippen LogP contribution in [-0.2, 0) is 4.79 Å². The number of methoxy groups -OCH3 is 1. The minimum atomic E-state index is -0.690. The van der Waals surface area contributed by atoms with Crippen LogP contribution in [0.1, 0.15) is 25.7 Å². The first kappa shape index (κ1) is 17.3. The molecular weight excluding hydrogens is 338 g/mol. The summed E-state index contributed by atoms with van der Waals surface area (Å²) in [4.78, 5) is 16.5. The Bertz CT molecular complexity index is 775. The molecule has 7 nitrogen and oxygen atoms in total. The highest BCUT2D eigenvalue weighted by Gasteiger charge is 2.35. The maximum absolute atomic E-state index is 12.1. The van der Waals surface area contributed by atoms with Gasteiger partial charge in [0.2, 0.25) is 11.1 Å². The first-order chi connectivity index (χ1) is 12.1. The van der Waals surface area contributed by atoms with Gasteiger partial charge < -0.3 is 10.1 Å². The van der Waals surface area contributed by atoms with Crippen molar-refractivity contribution in [2.75, 3.05) is 12.9 Å². The lowest BCUT2D eigenvalue weighted by Crippen LogP contribution is -2.45. The lowest BCUT2D eigenvalue weighted by Gasteiger charge is -2.21. The van der Waals surface area contributed by atoms with E-state index in [1.807, 2.05) is 24.3 Å². The number of thioether (sulfide) groups is 1. The summed E-state index contributed by atoms with van der Waals surface area (Å²) in [5.74, 6) is 1.43. The van der Waals surface area contributed by atoms with E-state index in [1.165, 1.54) is 11.8 Å². The number of carbonyl (C=O) groups is 1. The Balaban J connectivity index is 1.56. The maximum atomic E-state index is 12.1. The zero-order valence-electron chi connectivity index (χ0n) is 13.9. The van der Waals surface area contributed by atoms with Crippen molar-refractivity contribution in [1.82, 2.24) is 20.5 Å². The Morgan fingerprint density at radius 3 is 2.76 bits per heavy atom. The maximum Gasteiger partial charge on any atom is 0.231 e. The van der Waals surface area contributed by atoms with Crippen LogP contribution >= 0.6 is 11.8 Å². The van der Waals surface area contributed by atoms with Crippen LogP contribution in [0.2, 0.25) is 0 Å². The summed E-state index contributed by atoms with van der Waals surface area (Å²) in [6, 6.07) is 9.72. The summed E-state index contributed by atoms with van der Waals surface area (Å²) in [7, 11) is 1.62. The van der Waals surface area contributed by atoms with E-state index in [0.29, 0.717) is 11.0 Å². The number of aromatic nitrogens is 3. The molecule has 2 N–H and O–H groups in total. The zero-order chi connectivity index (χ0) is 17.7. The van der Waals surface area contributed by atoms with E-state index < -0.39 is 5.54 Å². The van der Waals surface area contributed by atoms with Crippen LogP contribution in [0.4, 0.5) is 0 Å². The lowest BCUT2D eigenvalue weighted by atomic mass is 10.0. The SMILES string of the molecule is COc1ccc(-c2nc(SCC(=O)NC3(C#N)CCCC3)n[nH]2)cc1. The number of hydrogen-bond donors (Lipinski definition) is 2.